The number of carbonyl (C=O) groups is 1. The highest BCUT2D eigenvalue weighted by Gasteiger charge is 2.42. The van der Waals surface area contributed by atoms with Gasteiger partial charge < -0.3 is 19.3 Å². The molecule has 0 atom stereocenters. The number of hydrogen-bond acceptors (Lipinski definition) is 7. The van der Waals surface area contributed by atoms with E-state index in [1.54, 1.807) is 17.3 Å². The third-order valence-electron chi connectivity index (χ3n) is 5.94. The number of carbonyl (C=O) groups excluding carboxylic acids is 1. The highest BCUT2D eigenvalue weighted by Crippen LogP contribution is 2.44. The van der Waals surface area contributed by atoms with Crippen LogP contribution in [-0.4, -0.2) is 66.8 Å². The lowest BCUT2D eigenvalue weighted by Crippen LogP contribution is -2.46. The molecule has 2 fully saturated rings. The molecule has 0 bridgehead atoms. The Labute approximate surface area is 168 Å². The Morgan fingerprint density at radius 3 is 2.75 bits per heavy atom. The van der Waals surface area contributed by atoms with Crippen LogP contribution in [0.1, 0.15) is 33.8 Å². The lowest BCUT2D eigenvalue weighted by Gasteiger charge is -2.44. The van der Waals surface area contributed by atoms with E-state index in [1.165, 1.54) is 10.4 Å². The molecule has 2 aromatic heterocycles. The third-order valence-corrected chi connectivity index (χ3v) is 7.09. The van der Waals surface area contributed by atoms with E-state index in [4.69, 9.17) is 9.47 Å². The van der Waals surface area contributed by atoms with Gasteiger partial charge >= 0.3 is 0 Å². The fraction of sp³-hybridized carbons (Fsp3) is 0.550. The van der Waals surface area contributed by atoms with Crippen molar-refractivity contribution in [3.63, 3.8) is 0 Å². The average Bonchev–Trinajstić information content (AvgIpc) is 3.25. The minimum Gasteiger partial charge on any atom is -0.378 e. The molecule has 0 aromatic carbocycles. The summed E-state index contributed by atoms with van der Waals surface area (Å²) in [7, 11) is 0. The minimum atomic E-state index is -0.146. The zero-order valence-corrected chi connectivity index (χ0v) is 16.6. The van der Waals surface area contributed by atoms with Crippen LogP contribution in [-0.2, 0) is 21.5 Å². The molecule has 5 heterocycles. The second-order valence-electron chi connectivity index (χ2n) is 7.52. The monoisotopic (exact) mass is 400 g/mol. The predicted octanol–water partition coefficient (Wildman–Crippen LogP) is 2.08. The van der Waals surface area contributed by atoms with E-state index in [2.05, 4.69) is 26.3 Å². The summed E-state index contributed by atoms with van der Waals surface area (Å²) >= 11 is 1.82. The van der Waals surface area contributed by atoms with Crippen LogP contribution in [0, 0.1) is 0 Å². The van der Waals surface area contributed by atoms with Crippen LogP contribution < -0.4 is 4.90 Å². The fourth-order valence-electron chi connectivity index (χ4n) is 4.36. The lowest BCUT2D eigenvalue weighted by molar-refractivity contribution is -0.0735. The largest absolute Gasteiger partial charge is 0.378 e. The van der Waals surface area contributed by atoms with Crippen LogP contribution in [0.2, 0.25) is 0 Å². The van der Waals surface area contributed by atoms with Crippen LogP contribution in [0.15, 0.2) is 23.8 Å². The zero-order valence-electron chi connectivity index (χ0n) is 15.8. The molecule has 2 aromatic rings. The molecule has 3 aliphatic heterocycles. The van der Waals surface area contributed by atoms with Crippen LogP contribution in [0.3, 0.4) is 0 Å². The number of aromatic nitrogens is 2. The Morgan fingerprint density at radius 2 is 1.93 bits per heavy atom. The summed E-state index contributed by atoms with van der Waals surface area (Å²) in [4.78, 5) is 27.1. The number of amides is 1. The zero-order chi connectivity index (χ0) is 19.0. The first-order chi connectivity index (χ1) is 13.8. The van der Waals surface area contributed by atoms with Gasteiger partial charge in [0.2, 0.25) is 0 Å². The molecule has 5 rings (SSSR count). The quantitative estimate of drug-likeness (QED) is 0.769. The van der Waals surface area contributed by atoms with E-state index in [9.17, 15) is 4.79 Å². The average molecular weight is 401 g/mol. The van der Waals surface area contributed by atoms with Gasteiger partial charge in [-0.3, -0.25) is 9.78 Å². The number of fused-ring (bicyclic) bond motifs is 2. The van der Waals surface area contributed by atoms with Crippen molar-refractivity contribution in [3.05, 3.63) is 40.0 Å². The third kappa shape index (κ3) is 3.19. The summed E-state index contributed by atoms with van der Waals surface area (Å²) in [5.41, 5.74) is 1.71. The molecule has 8 heteroatoms. The Kier molecular flexibility index (Phi) is 4.78. The fourth-order valence-corrected chi connectivity index (χ4v) is 5.53. The van der Waals surface area contributed by atoms with E-state index < -0.39 is 0 Å². The molecule has 7 nitrogen and oxygen atoms in total. The SMILES string of the molecule is O=C(c1cncc(N2CCC3(CC2)OCCc2ccsc23)n1)N1CCOCC1. The van der Waals surface area contributed by atoms with E-state index in [-0.39, 0.29) is 11.5 Å². The molecule has 148 valence electrons. The molecule has 0 saturated carbocycles. The highest BCUT2D eigenvalue weighted by molar-refractivity contribution is 7.10. The van der Waals surface area contributed by atoms with Crippen molar-refractivity contribution in [2.45, 2.75) is 24.9 Å². The predicted molar refractivity (Wildman–Crippen MR) is 106 cm³/mol. The molecule has 0 aliphatic carbocycles. The number of rotatable bonds is 2. The molecule has 1 amide bonds. The Morgan fingerprint density at radius 1 is 1.11 bits per heavy atom. The van der Waals surface area contributed by atoms with Crippen molar-refractivity contribution in [1.82, 2.24) is 14.9 Å². The molecule has 3 aliphatic rings. The van der Waals surface area contributed by atoms with Crippen molar-refractivity contribution in [1.29, 1.82) is 0 Å². The Hall–Kier alpha value is -2.03. The first-order valence-corrected chi connectivity index (χ1v) is 10.8. The maximum absolute atomic E-state index is 12.7. The summed E-state index contributed by atoms with van der Waals surface area (Å²) in [5.74, 6) is 0.709. The smallest absolute Gasteiger partial charge is 0.274 e. The number of nitrogens with zero attached hydrogens (tertiary/aromatic N) is 4. The van der Waals surface area contributed by atoms with Crippen LogP contribution in [0.4, 0.5) is 5.82 Å². The molecular weight excluding hydrogens is 376 g/mol. The highest BCUT2D eigenvalue weighted by atomic mass is 32.1. The van der Waals surface area contributed by atoms with Crippen molar-refractivity contribution in [2.75, 3.05) is 50.9 Å². The topological polar surface area (TPSA) is 67.8 Å². The number of piperidine rings is 1. The standard InChI is InChI=1S/C20H24N4O3S/c25-19(24-7-10-26-11-8-24)16-13-21-14-17(22-16)23-5-3-20(4-6-23)18-15(1-9-27-20)2-12-28-18/h2,12-14H,1,3-11H2. The Balaban J connectivity index is 1.30. The van der Waals surface area contributed by atoms with Crippen molar-refractivity contribution >= 4 is 23.1 Å². The first kappa shape index (κ1) is 18.0. The summed E-state index contributed by atoms with van der Waals surface area (Å²) in [5, 5.41) is 2.18. The second-order valence-corrected chi connectivity index (χ2v) is 8.44. The molecule has 0 N–H and O–H groups in total. The Bertz CT molecular complexity index is 857. The van der Waals surface area contributed by atoms with Gasteiger partial charge in [-0.2, -0.15) is 0 Å². The molecule has 28 heavy (non-hydrogen) atoms. The number of hydrogen-bond donors (Lipinski definition) is 0. The minimum absolute atomic E-state index is 0.0648. The first-order valence-electron chi connectivity index (χ1n) is 9.90. The van der Waals surface area contributed by atoms with Gasteiger partial charge in [-0.05, 0) is 36.3 Å². The van der Waals surface area contributed by atoms with Crippen LogP contribution in [0.5, 0.6) is 0 Å². The van der Waals surface area contributed by atoms with Crippen LogP contribution in [0.25, 0.3) is 0 Å². The molecular formula is C20H24N4O3S. The van der Waals surface area contributed by atoms with Gasteiger partial charge in [0.1, 0.15) is 17.1 Å². The van der Waals surface area contributed by atoms with E-state index in [0.29, 0.717) is 32.0 Å². The van der Waals surface area contributed by atoms with Gasteiger partial charge in [0.05, 0.1) is 32.2 Å². The summed E-state index contributed by atoms with van der Waals surface area (Å²) in [6, 6.07) is 2.24. The van der Waals surface area contributed by atoms with Crippen molar-refractivity contribution in [3.8, 4) is 0 Å². The van der Waals surface area contributed by atoms with Crippen molar-refractivity contribution in [2.24, 2.45) is 0 Å². The maximum Gasteiger partial charge on any atom is 0.274 e. The molecule has 2 saturated heterocycles. The number of anilines is 1. The van der Waals surface area contributed by atoms with E-state index in [0.717, 1.165) is 44.8 Å². The molecule has 0 radical (unpaired) electrons. The van der Waals surface area contributed by atoms with Gasteiger partial charge in [0, 0.05) is 31.1 Å². The molecule has 0 unspecified atom stereocenters. The maximum atomic E-state index is 12.7. The van der Waals surface area contributed by atoms with Crippen LogP contribution >= 0.6 is 11.3 Å². The van der Waals surface area contributed by atoms with Crippen molar-refractivity contribution < 1.29 is 14.3 Å². The van der Waals surface area contributed by atoms with Gasteiger partial charge in [0.25, 0.3) is 5.91 Å². The van der Waals surface area contributed by atoms with Gasteiger partial charge in [-0.1, -0.05) is 0 Å². The normalized spacial score (nSPS) is 21.6. The lowest BCUT2D eigenvalue weighted by atomic mass is 9.85. The second kappa shape index (κ2) is 7.42. The summed E-state index contributed by atoms with van der Waals surface area (Å²) in [6.45, 7) is 4.87. The van der Waals surface area contributed by atoms with Gasteiger partial charge in [-0.25, -0.2) is 4.98 Å². The number of ether oxygens (including phenoxy) is 2. The number of thiophene rings is 1. The van der Waals surface area contributed by atoms with E-state index >= 15 is 0 Å². The van der Waals surface area contributed by atoms with Gasteiger partial charge in [0.15, 0.2) is 0 Å². The van der Waals surface area contributed by atoms with E-state index in [1.807, 2.05) is 11.3 Å². The molecule has 1 spiro atoms. The van der Waals surface area contributed by atoms with Gasteiger partial charge in [-0.15, -0.1) is 11.3 Å². The summed E-state index contributed by atoms with van der Waals surface area (Å²) in [6.07, 6.45) is 6.20. The number of morpholine rings is 1. The summed E-state index contributed by atoms with van der Waals surface area (Å²) < 4.78 is 11.6.